The van der Waals surface area contributed by atoms with Gasteiger partial charge in [0.05, 0.1) is 5.52 Å². The summed E-state index contributed by atoms with van der Waals surface area (Å²) in [6.07, 6.45) is 1.64. The van der Waals surface area contributed by atoms with Gasteiger partial charge in [-0.05, 0) is 34.7 Å². The summed E-state index contributed by atoms with van der Waals surface area (Å²) in [6.45, 7) is 0.188. The van der Waals surface area contributed by atoms with Gasteiger partial charge in [0, 0.05) is 22.5 Å². The normalized spacial score (nSPS) is 11.0. The monoisotopic (exact) mass is 406 g/mol. The molecule has 2 heterocycles. The van der Waals surface area contributed by atoms with Gasteiger partial charge in [0.1, 0.15) is 12.3 Å². The standard InChI is InChI=1S/C26H18N2O3/c29-25-22-11-5-9-19(20(22)14-15-27-25)21-10-4-8-18-12-13-23(28-24(18)21)26(30)31-16-17-6-2-1-3-7-17/h1-15H,16H2,(H,27,29). The second-order valence-electron chi connectivity index (χ2n) is 7.21. The number of H-pyrrole nitrogens is 1. The van der Waals surface area contributed by atoms with E-state index in [1.165, 1.54) is 0 Å². The van der Waals surface area contributed by atoms with Crippen molar-refractivity contribution >= 4 is 27.6 Å². The number of esters is 1. The van der Waals surface area contributed by atoms with Crippen LogP contribution in [0.5, 0.6) is 0 Å². The zero-order valence-electron chi connectivity index (χ0n) is 16.5. The number of rotatable bonds is 4. The van der Waals surface area contributed by atoms with Crippen LogP contribution in [0.25, 0.3) is 32.8 Å². The first-order valence-corrected chi connectivity index (χ1v) is 9.92. The molecular formula is C26H18N2O3. The highest BCUT2D eigenvalue weighted by Crippen LogP contribution is 2.32. The zero-order valence-corrected chi connectivity index (χ0v) is 16.5. The highest BCUT2D eigenvalue weighted by atomic mass is 16.5. The molecule has 0 fully saturated rings. The van der Waals surface area contributed by atoms with E-state index in [0.29, 0.717) is 10.9 Å². The van der Waals surface area contributed by atoms with Gasteiger partial charge in [0.15, 0.2) is 0 Å². The average molecular weight is 406 g/mol. The Morgan fingerprint density at radius 2 is 1.61 bits per heavy atom. The van der Waals surface area contributed by atoms with Crippen LogP contribution >= 0.6 is 0 Å². The van der Waals surface area contributed by atoms with E-state index in [4.69, 9.17) is 4.74 Å². The molecule has 0 amide bonds. The number of carbonyl (C=O) groups excluding carboxylic acids is 1. The minimum atomic E-state index is -0.477. The molecule has 0 radical (unpaired) electrons. The Balaban J connectivity index is 1.57. The SMILES string of the molecule is O=C(OCc1ccccc1)c1ccc2cccc(-c3cccc4c(=O)[nH]ccc34)c2n1. The fourth-order valence-corrected chi connectivity index (χ4v) is 3.73. The first-order chi connectivity index (χ1) is 15.2. The third-order valence-electron chi connectivity index (χ3n) is 5.25. The van der Waals surface area contributed by atoms with Crippen LogP contribution in [-0.2, 0) is 11.3 Å². The molecule has 1 N–H and O–H groups in total. The van der Waals surface area contributed by atoms with E-state index in [2.05, 4.69) is 9.97 Å². The van der Waals surface area contributed by atoms with Crippen LogP contribution < -0.4 is 5.56 Å². The largest absolute Gasteiger partial charge is 0.456 e. The fourth-order valence-electron chi connectivity index (χ4n) is 3.73. The van der Waals surface area contributed by atoms with Gasteiger partial charge >= 0.3 is 5.97 Å². The molecule has 2 aromatic heterocycles. The predicted octanol–water partition coefficient (Wildman–Crippen LogP) is 5.10. The maximum absolute atomic E-state index is 12.6. The summed E-state index contributed by atoms with van der Waals surface area (Å²) in [5.74, 6) is -0.477. The molecule has 5 aromatic rings. The number of ether oxygens (including phenoxy) is 1. The van der Waals surface area contributed by atoms with Crippen molar-refractivity contribution in [1.29, 1.82) is 0 Å². The second kappa shape index (κ2) is 7.88. The third kappa shape index (κ3) is 3.57. The van der Waals surface area contributed by atoms with Crippen molar-refractivity contribution < 1.29 is 9.53 Å². The van der Waals surface area contributed by atoms with Crippen LogP contribution in [0.3, 0.4) is 0 Å². The number of fused-ring (bicyclic) bond motifs is 2. The molecule has 0 spiro atoms. The highest BCUT2D eigenvalue weighted by molar-refractivity contribution is 6.04. The van der Waals surface area contributed by atoms with E-state index < -0.39 is 5.97 Å². The summed E-state index contributed by atoms with van der Waals surface area (Å²) in [5.41, 5.74) is 3.44. The quantitative estimate of drug-likeness (QED) is 0.422. The van der Waals surface area contributed by atoms with Crippen molar-refractivity contribution in [3.05, 3.63) is 113 Å². The van der Waals surface area contributed by atoms with Crippen molar-refractivity contribution in [2.75, 3.05) is 0 Å². The van der Waals surface area contributed by atoms with Crippen LogP contribution in [-0.4, -0.2) is 15.9 Å². The number of carbonyl (C=O) groups is 1. The van der Waals surface area contributed by atoms with E-state index in [9.17, 15) is 9.59 Å². The van der Waals surface area contributed by atoms with Gasteiger partial charge in [-0.15, -0.1) is 0 Å². The van der Waals surface area contributed by atoms with Gasteiger partial charge in [0.2, 0.25) is 0 Å². The fraction of sp³-hybridized carbons (Fsp3) is 0.0385. The Bertz CT molecular complexity index is 1470. The van der Waals surface area contributed by atoms with Crippen LogP contribution in [0.4, 0.5) is 0 Å². The molecule has 0 aliphatic rings. The average Bonchev–Trinajstić information content (AvgIpc) is 2.82. The number of hydrogen-bond donors (Lipinski definition) is 1. The first-order valence-electron chi connectivity index (χ1n) is 9.92. The molecule has 0 bridgehead atoms. The summed E-state index contributed by atoms with van der Waals surface area (Å²) in [5, 5.41) is 2.34. The third-order valence-corrected chi connectivity index (χ3v) is 5.25. The summed E-state index contributed by atoms with van der Waals surface area (Å²) >= 11 is 0. The molecule has 5 heteroatoms. The highest BCUT2D eigenvalue weighted by Gasteiger charge is 2.14. The van der Waals surface area contributed by atoms with Crippen molar-refractivity contribution in [1.82, 2.24) is 9.97 Å². The lowest BCUT2D eigenvalue weighted by atomic mass is 9.97. The lowest BCUT2D eigenvalue weighted by molar-refractivity contribution is 0.0466. The van der Waals surface area contributed by atoms with Gasteiger partial charge < -0.3 is 9.72 Å². The Morgan fingerprint density at radius 3 is 2.48 bits per heavy atom. The summed E-state index contributed by atoms with van der Waals surface area (Å²) in [6, 6.07) is 26.4. The minimum Gasteiger partial charge on any atom is -0.456 e. The number of nitrogens with one attached hydrogen (secondary N) is 1. The predicted molar refractivity (Wildman–Crippen MR) is 121 cm³/mol. The van der Waals surface area contributed by atoms with Crippen molar-refractivity contribution in [2.45, 2.75) is 6.61 Å². The minimum absolute atomic E-state index is 0.141. The summed E-state index contributed by atoms with van der Waals surface area (Å²) in [7, 11) is 0. The van der Waals surface area contributed by atoms with Crippen LogP contribution in [0, 0.1) is 0 Å². The van der Waals surface area contributed by atoms with Gasteiger partial charge in [-0.2, -0.15) is 0 Å². The van der Waals surface area contributed by atoms with Gasteiger partial charge in [0.25, 0.3) is 5.56 Å². The maximum Gasteiger partial charge on any atom is 0.357 e. The van der Waals surface area contributed by atoms with Crippen LogP contribution in [0.2, 0.25) is 0 Å². The molecule has 0 aliphatic carbocycles. The van der Waals surface area contributed by atoms with E-state index in [1.54, 1.807) is 18.3 Å². The summed E-state index contributed by atoms with van der Waals surface area (Å²) < 4.78 is 5.45. The zero-order chi connectivity index (χ0) is 21.2. The molecule has 0 aliphatic heterocycles. The molecule has 0 saturated heterocycles. The number of para-hydroxylation sites is 1. The van der Waals surface area contributed by atoms with E-state index >= 15 is 0 Å². The summed E-state index contributed by atoms with van der Waals surface area (Å²) in [4.78, 5) is 32.2. The van der Waals surface area contributed by atoms with E-state index in [1.807, 2.05) is 72.8 Å². The van der Waals surface area contributed by atoms with E-state index in [-0.39, 0.29) is 17.9 Å². The molecule has 0 atom stereocenters. The molecule has 31 heavy (non-hydrogen) atoms. The van der Waals surface area contributed by atoms with Crippen molar-refractivity contribution in [2.24, 2.45) is 0 Å². The van der Waals surface area contributed by atoms with E-state index in [0.717, 1.165) is 27.5 Å². The molecule has 150 valence electrons. The number of hydrogen-bond acceptors (Lipinski definition) is 4. The molecule has 5 nitrogen and oxygen atoms in total. The molecular weight excluding hydrogens is 388 g/mol. The second-order valence-corrected chi connectivity index (χ2v) is 7.21. The van der Waals surface area contributed by atoms with Gasteiger partial charge in [-0.25, -0.2) is 9.78 Å². The van der Waals surface area contributed by atoms with Crippen LogP contribution in [0.15, 0.2) is 95.9 Å². The lowest BCUT2D eigenvalue weighted by Gasteiger charge is -2.11. The lowest BCUT2D eigenvalue weighted by Crippen LogP contribution is -2.08. The Hall–Kier alpha value is -4.25. The number of aromatic amines is 1. The molecule has 5 rings (SSSR count). The molecule has 3 aromatic carbocycles. The van der Waals surface area contributed by atoms with Gasteiger partial charge in [-0.3, -0.25) is 4.79 Å². The van der Waals surface area contributed by atoms with Crippen molar-refractivity contribution in [3.8, 4) is 11.1 Å². The first kappa shape index (κ1) is 18.8. The number of pyridine rings is 2. The number of nitrogens with zero attached hydrogens (tertiary/aromatic N) is 1. The Kier molecular flexibility index (Phi) is 4.77. The molecule has 0 saturated carbocycles. The Morgan fingerprint density at radius 1 is 0.806 bits per heavy atom. The number of benzene rings is 3. The van der Waals surface area contributed by atoms with Gasteiger partial charge in [-0.1, -0.05) is 66.7 Å². The van der Waals surface area contributed by atoms with Crippen LogP contribution in [0.1, 0.15) is 16.1 Å². The maximum atomic E-state index is 12.6. The van der Waals surface area contributed by atoms with Crippen molar-refractivity contribution in [3.63, 3.8) is 0 Å². The Labute approximate surface area is 178 Å². The smallest absolute Gasteiger partial charge is 0.357 e. The topological polar surface area (TPSA) is 72.1 Å². The molecule has 0 unspecified atom stereocenters. The number of aromatic nitrogens is 2.